The summed E-state index contributed by atoms with van der Waals surface area (Å²) in [7, 11) is 1.74. The fraction of sp³-hybridized carbons (Fsp3) is 0.500. The molecule has 0 saturated heterocycles. The molecule has 0 bridgehead atoms. The Balaban J connectivity index is 4.70. The molecule has 0 saturated carbocycles. The van der Waals surface area contributed by atoms with Crippen LogP contribution < -0.4 is 16.8 Å². The zero-order valence-electron chi connectivity index (χ0n) is 7.76. The fourth-order valence-corrected chi connectivity index (χ4v) is 0.730. The van der Waals surface area contributed by atoms with E-state index in [0.717, 1.165) is 0 Å². The molecule has 0 rings (SSSR count). The van der Waals surface area contributed by atoms with E-state index in [2.05, 4.69) is 5.32 Å². The van der Waals surface area contributed by atoms with Gasteiger partial charge in [-0.3, -0.25) is 0 Å². The average molecular weight is 171 g/mol. The number of hydrogen-bond donors (Lipinski definition) is 4. The van der Waals surface area contributed by atoms with Crippen molar-refractivity contribution in [3.05, 3.63) is 23.7 Å². The first-order valence-electron chi connectivity index (χ1n) is 3.71. The van der Waals surface area contributed by atoms with E-state index >= 15 is 0 Å². The van der Waals surface area contributed by atoms with Crippen molar-refractivity contribution in [2.24, 2.45) is 11.5 Å². The maximum atomic E-state index is 9.59. The lowest BCUT2D eigenvalue weighted by Crippen LogP contribution is -2.24. The summed E-state index contributed by atoms with van der Waals surface area (Å²) in [6, 6.07) is 0. The zero-order valence-corrected chi connectivity index (χ0v) is 7.76. The molecule has 0 atom stereocenters. The van der Waals surface area contributed by atoms with Crippen LogP contribution in [0.15, 0.2) is 23.7 Å². The van der Waals surface area contributed by atoms with Crippen molar-refractivity contribution >= 4 is 0 Å². The van der Waals surface area contributed by atoms with Crippen LogP contribution in [0.1, 0.15) is 13.8 Å². The fourth-order valence-electron chi connectivity index (χ4n) is 0.730. The smallest absolute Gasteiger partial charge is 0.0937 e. The van der Waals surface area contributed by atoms with Gasteiger partial charge in [0, 0.05) is 18.8 Å². The monoisotopic (exact) mass is 171 g/mol. The second kappa shape index (κ2) is 4.01. The summed E-state index contributed by atoms with van der Waals surface area (Å²) in [4.78, 5) is 0. The minimum atomic E-state index is -0.938. The predicted octanol–water partition coefficient (Wildman–Crippen LogP) is -0.381. The number of nitrogens with two attached hydrogens (primary N) is 2. The summed E-state index contributed by atoms with van der Waals surface area (Å²) < 4.78 is 0. The SMILES string of the molecule is CN/C=C(\C=C(N)N)C(C)(C)O. The van der Waals surface area contributed by atoms with Crippen molar-refractivity contribution in [2.45, 2.75) is 19.4 Å². The minimum Gasteiger partial charge on any atom is -0.394 e. The van der Waals surface area contributed by atoms with Crippen LogP contribution in [0.25, 0.3) is 0 Å². The number of nitrogens with one attached hydrogen (secondary N) is 1. The number of hydrogen-bond acceptors (Lipinski definition) is 4. The third kappa shape index (κ3) is 3.88. The van der Waals surface area contributed by atoms with Gasteiger partial charge < -0.3 is 21.9 Å². The largest absolute Gasteiger partial charge is 0.394 e. The highest BCUT2D eigenvalue weighted by atomic mass is 16.3. The third-order valence-electron chi connectivity index (χ3n) is 1.33. The Labute approximate surface area is 72.9 Å². The molecule has 4 nitrogen and oxygen atoms in total. The summed E-state index contributed by atoms with van der Waals surface area (Å²) in [6.45, 7) is 3.32. The molecular formula is C8H17N3O. The molecule has 0 aliphatic carbocycles. The van der Waals surface area contributed by atoms with E-state index in [-0.39, 0.29) is 5.82 Å². The summed E-state index contributed by atoms with van der Waals surface area (Å²) in [5.74, 6) is 0.179. The Morgan fingerprint density at radius 1 is 1.42 bits per heavy atom. The molecule has 0 fully saturated rings. The molecule has 4 heteroatoms. The summed E-state index contributed by atoms with van der Waals surface area (Å²) in [6.07, 6.45) is 3.18. The van der Waals surface area contributed by atoms with Crippen molar-refractivity contribution in [1.82, 2.24) is 5.32 Å². The highest BCUT2D eigenvalue weighted by Crippen LogP contribution is 2.15. The molecule has 0 radical (unpaired) electrons. The lowest BCUT2D eigenvalue weighted by Gasteiger charge is -2.19. The molecule has 0 amide bonds. The quantitative estimate of drug-likeness (QED) is 0.436. The molecule has 0 heterocycles. The Morgan fingerprint density at radius 3 is 2.17 bits per heavy atom. The Bertz CT molecular complexity index is 197. The van der Waals surface area contributed by atoms with E-state index in [1.54, 1.807) is 27.1 Å². The lowest BCUT2D eigenvalue weighted by molar-refractivity contribution is 0.123. The van der Waals surface area contributed by atoms with Crippen molar-refractivity contribution in [3.8, 4) is 0 Å². The summed E-state index contributed by atoms with van der Waals surface area (Å²) in [5.41, 5.74) is 10.3. The molecule has 0 aromatic heterocycles. The van der Waals surface area contributed by atoms with Gasteiger partial charge in [-0.05, 0) is 19.9 Å². The lowest BCUT2D eigenvalue weighted by atomic mass is 9.99. The van der Waals surface area contributed by atoms with E-state index in [4.69, 9.17) is 11.5 Å². The highest BCUT2D eigenvalue weighted by molar-refractivity contribution is 5.28. The minimum absolute atomic E-state index is 0.179. The number of rotatable bonds is 3. The van der Waals surface area contributed by atoms with Gasteiger partial charge in [-0.1, -0.05) is 0 Å². The molecule has 0 aliphatic rings. The summed E-state index contributed by atoms with van der Waals surface area (Å²) >= 11 is 0. The van der Waals surface area contributed by atoms with E-state index in [1.165, 1.54) is 6.08 Å². The average Bonchev–Trinajstić information content (AvgIpc) is 1.83. The molecule has 0 spiro atoms. The first kappa shape index (κ1) is 10.8. The molecule has 0 aliphatic heterocycles. The second-order valence-corrected chi connectivity index (χ2v) is 3.09. The van der Waals surface area contributed by atoms with Gasteiger partial charge in [0.05, 0.1) is 11.4 Å². The van der Waals surface area contributed by atoms with Gasteiger partial charge in [0.15, 0.2) is 0 Å². The van der Waals surface area contributed by atoms with Gasteiger partial charge >= 0.3 is 0 Å². The second-order valence-electron chi connectivity index (χ2n) is 3.09. The molecule has 0 aromatic carbocycles. The Hall–Kier alpha value is -1.16. The number of aliphatic hydroxyl groups is 1. The van der Waals surface area contributed by atoms with Crippen LogP contribution in [0.3, 0.4) is 0 Å². The maximum Gasteiger partial charge on any atom is 0.0937 e. The van der Waals surface area contributed by atoms with Crippen LogP contribution in [0.5, 0.6) is 0 Å². The van der Waals surface area contributed by atoms with Gasteiger partial charge in [0.25, 0.3) is 0 Å². The molecule has 0 unspecified atom stereocenters. The van der Waals surface area contributed by atoms with E-state index in [9.17, 15) is 5.11 Å². The van der Waals surface area contributed by atoms with Gasteiger partial charge in [-0.15, -0.1) is 0 Å². The van der Waals surface area contributed by atoms with Crippen LogP contribution in [0, 0.1) is 0 Å². The van der Waals surface area contributed by atoms with Crippen LogP contribution >= 0.6 is 0 Å². The van der Waals surface area contributed by atoms with Crippen molar-refractivity contribution in [1.29, 1.82) is 0 Å². The first-order chi connectivity index (χ1) is 5.38. The standard InChI is InChI=1S/C8H17N3O/c1-8(2,12)6(5-11-3)4-7(9)10/h4-5,11-12H,9-10H2,1-3H3/b6-5+. The Morgan fingerprint density at radius 2 is 1.92 bits per heavy atom. The van der Waals surface area contributed by atoms with Gasteiger partial charge in [0.2, 0.25) is 0 Å². The maximum absolute atomic E-state index is 9.59. The predicted molar refractivity (Wildman–Crippen MR) is 49.9 cm³/mol. The van der Waals surface area contributed by atoms with E-state index in [1.807, 2.05) is 0 Å². The zero-order chi connectivity index (χ0) is 9.78. The molecular weight excluding hydrogens is 154 g/mol. The summed E-state index contributed by atoms with van der Waals surface area (Å²) in [5, 5.41) is 12.4. The first-order valence-corrected chi connectivity index (χ1v) is 3.71. The van der Waals surface area contributed by atoms with Crippen LogP contribution in [-0.2, 0) is 0 Å². The van der Waals surface area contributed by atoms with Crippen molar-refractivity contribution in [2.75, 3.05) is 7.05 Å². The van der Waals surface area contributed by atoms with Crippen LogP contribution in [-0.4, -0.2) is 17.8 Å². The van der Waals surface area contributed by atoms with Crippen molar-refractivity contribution < 1.29 is 5.11 Å². The van der Waals surface area contributed by atoms with Gasteiger partial charge in [-0.25, -0.2) is 0 Å². The third-order valence-corrected chi connectivity index (χ3v) is 1.33. The van der Waals surface area contributed by atoms with E-state index in [0.29, 0.717) is 5.57 Å². The normalized spacial score (nSPS) is 12.5. The van der Waals surface area contributed by atoms with Crippen molar-refractivity contribution in [3.63, 3.8) is 0 Å². The van der Waals surface area contributed by atoms with Gasteiger partial charge in [-0.2, -0.15) is 0 Å². The highest BCUT2D eigenvalue weighted by Gasteiger charge is 2.16. The van der Waals surface area contributed by atoms with E-state index < -0.39 is 5.60 Å². The molecule has 12 heavy (non-hydrogen) atoms. The molecule has 70 valence electrons. The Kier molecular flexibility index (Phi) is 3.63. The topological polar surface area (TPSA) is 84.3 Å². The molecule has 0 aromatic rings. The van der Waals surface area contributed by atoms with Crippen LogP contribution in [0.4, 0.5) is 0 Å². The molecule has 6 N–H and O–H groups in total. The van der Waals surface area contributed by atoms with Crippen LogP contribution in [0.2, 0.25) is 0 Å². The van der Waals surface area contributed by atoms with Gasteiger partial charge in [0.1, 0.15) is 0 Å².